The maximum Gasteiger partial charge on any atom is 0.267 e. The van der Waals surface area contributed by atoms with E-state index in [1.807, 2.05) is 24.3 Å². The molecule has 25 heavy (non-hydrogen) atoms. The standard InChI is InChI=1S/C18H23ClN4O2/c1-12-16(18(25)22-21-12)9-17(24)20-15-3-2-8-23(11-15)10-13-4-6-14(19)7-5-13/h4-7,15H,2-3,8-11H2,1H3,(H,20,24)(H2,21,22,25). The summed E-state index contributed by atoms with van der Waals surface area (Å²) < 4.78 is 0. The van der Waals surface area contributed by atoms with Crippen molar-refractivity contribution in [2.75, 3.05) is 13.1 Å². The van der Waals surface area contributed by atoms with Crippen molar-refractivity contribution in [2.24, 2.45) is 0 Å². The summed E-state index contributed by atoms with van der Waals surface area (Å²) in [6.45, 7) is 4.47. The van der Waals surface area contributed by atoms with Crippen LogP contribution in [0.3, 0.4) is 0 Å². The summed E-state index contributed by atoms with van der Waals surface area (Å²) >= 11 is 5.93. The van der Waals surface area contributed by atoms with Gasteiger partial charge in [0.1, 0.15) is 0 Å². The van der Waals surface area contributed by atoms with Gasteiger partial charge in [-0.05, 0) is 44.0 Å². The predicted molar refractivity (Wildman–Crippen MR) is 97.7 cm³/mol. The van der Waals surface area contributed by atoms with Crippen molar-refractivity contribution in [3.63, 3.8) is 0 Å². The van der Waals surface area contributed by atoms with Gasteiger partial charge in [0.2, 0.25) is 5.91 Å². The first kappa shape index (κ1) is 17.8. The van der Waals surface area contributed by atoms with Crippen molar-refractivity contribution >= 4 is 17.5 Å². The minimum absolute atomic E-state index is 0.105. The second-order valence-electron chi connectivity index (χ2n) is 6.63. The molecule has 1 amide bonds. The van der Waals surface area contributed by atoms with Crippen LogP contribution in [0.15, 0.2) is 29.1 Å². The average Bonchev–Trinajstić information content (AvgIpc) is 2.89. The summed E-state index contributed by atoms with van der Waals surface area (Å²) in [7, 11) is 0. The highest BCUT2D eigenvalue weighted by molar-refractivity contribution is 6.30. The molecular formula is C18H23ClN4O2. The zero-order valence-corrected chi connectivity index (χ0v) is 15.0. The Hall–Kier alpha value is -2.05. The maximum absolute atomic E-state index is 12.3. The molecule has 0 radical (unpaired) electrons. The van der Waals surface area contributed by atoms with Gasteiger partial charge in [-0.15, -0.1) is 0 Å². The number of hydrogen-bond acceptors (Lipinski definition) is 3. The van der Waals surface area contributed by atoms with Crippen LogP contribution in [0.4, 0.5) is 0 Å². The summed E-state index contributed by atoms with van der Waals surface area (Å²) in [6.07, 6.45) is 2.12. The Labute approximate surface area is 151 Å². The summed E-state index contributed by atoms with van der Waals surface area (Å²) in [6, 6.07) is 7.98. The normalized spacial score (nSPS) is 18.2. The molecule has 2 aromatic rings. The molecule has 1 unspecified atom stereocenters. The quantitative estimate of drug-likeness (QED) is 0.760. The van der Waals surface area contributed by atoms with Crippen molar-refractivity contribution in [1.29, 1.82) is 0 Å². The van der Waals surface area contributed by atoms with Crippen LogP contribution in [-0.4, -0.2) is 40.1 Å². The Bertz CT molecular complexity index is 781. The molecule has 6 nitrogen and oxygen atoms in total. The fourth-order valence-corrected chi connectivity index (χ4v) is 3.41. The molecule has 1 saturated heterocycles. The van der Waals surface area contributed by atoms with Crippen molar-refractivity contribution in [2.45, 2.75) is 38.8 Å². The fourth-order valence-electron chi connectivity index (χ4n) is 3.29. The molecule has 0 aliphatic carbocycles. The van der Waals surface area contributed by atoms with Gasteiger partial charge in [0.25, 0.3) is 5.56 Å². The van der Waals surface area contributed by atoms with Crippen molar-refractivity contribution in [3.05, 3.63) is 56.5 Å². The Morgan fingerprint density at radius 3 is 2.76 bits per heavy atom. The molecule has 3 N–H and O–H groups in total. The van der Waals surface area contributed by atoms with Gasteiger partial charge in [-0.2, -0.15) is 0 Å². The third-order valence-corrected chi connectivity index (χ3v) is 4.87. The molecule has 1 aliphatic rings. The lowest BCUT2D eigenvalue weighted by Crippen LogP contribution is -2.47. The van der Waals surface area contributed by atoms with Crippen LogP contribution in [0.25, 0.3) is 0 Å². The lowest BCUT2D eigenvalue weighted by Gasteiger charge is -2.33. The molecule has 3 rings (SSSR count). The van der Waals surface area contributed by atoms with E-state index in [0.717, 1.165) is 37.5 Å². The second kappa shape index (κ2) is 7.89. The van der Waals surface area contributed by atoms with Crippen molar-refractivity contribution < 1.29 is 4.79 Å². The summed E-state index contributed by atoms with van der Waals surface area (Å²) in [4.78, 5) is 26.3. The molecule has 7 heteroatoms. The van der Waals surface area contributed by atoms with Gasteiger partial charge in [-0.3, -0.25) is 19.6 Å². The lowest BCUT2D eigenvalue weighted by atomic mass is 10.0. The van der Waals surface area contributed by atoms with E-state index >= 15 is 0 Å². The van der Waals surface area contributed by atoms with Crippen LogP contribution in [-0.2, 0) is 17.8 Å². The number of amides is 1. The smallest absolute Gasteiger partial charge is 0.267 e. The van der Waals surface area contributed by atoms with Gasteiger partial charge in [0.05, 0.1) is 6.42 Å². The van der Waals surface area contributed by atoms with Gasteiger partial charge >= 0.3 is 0 Å². The minimum Gasteiger partial charge on any atom is -0.352 e. The maximum atomic E-state index is 12.3. The molecule has 1 fully saturated rings. The second-order valence-corrected chi connectivity index (χ2v) is 7.06. The SMILES string of the molecule is Cc1[nH][nH]c(=O)c1CC(=O)NC1CCCN(Cc2ccc(Cl)cc2)C1. The molecule has 0 spiro atoms. The number of nitrogens with one attached hydrogen (secondary N) is 3. The van der Waals surface area contributed by atoms with Gasteiger partial charge in [0, 0.05) is 35.4 Å². The minimum atomic E-state index is -0.222. The average molecular weight is 363 g/mol. The van der Waals surface area contributed by atoms with E-state index in [0.29, 0.717) is 11.3 Å². The Balaban J connectivity index is 1.53. The monoisotopic (exact) mass is 362 g/mol. The molecular weight excluding hydrogens is 340 g/mol. The number of benzene rings is 1. The van der Waals surface area contributed by atoms with Gasteiger partial charge in [-0.1, -0.05) is 23.7 Å². The molecule has 1 aromatic carbocycles. The van der Waals surface area contributed by atoms with Gasteiger partial charge in [-0.25, -0.2) is 0 Å². The summed E-state index contributed by atoms with van der Waals surface area (Å²) in [5.74, 6) is -0.105. The molecule has 0 saturated carbocycles. The first-order chi connectivity index (χ1) is 12.0. The fraction of sp³-hybridized carbons (Fsp3) is 0.444. The number of halogens is 1. The number of piperidine rings is 1. The van der Waals surface area contributed by atoms with E-state index in [1.165, 1.54) is 5.56 Å². The van der Waals surface area contributed by atoms with E-state index in [1.54, 1.807) is 6.92 Å². The number of likely N-dealkylation sites (tertiary alicyclic amines) is 1. The predicted octanol–water partition coefficient (Wildman–Crippen LogP) is 1.99. The molecule has 1 aliphatic heterocycles. The number of aromatic amines is 2. The Morgan fingerprint density at radius 1 is 1.32 bits per heavy atom. The summed E-state index contributed by atoms with van der Waals surface area (Å²) in [5, 5.41) is 9.06. The number of aromatic nitrogens is 2. The Morgan fingerprint density at radius 2 is 2.08 bits per heavy atom. The van der Waals surface area contributed by atoms with Crippen LogP contribution >= 0.6 is 11.6 Å². The Kier molecular flexibility index (Phi) is 5.60. The number of H-pyrrole nitrogens is 2. The van der Waals surface area contributed by atoms with E-state index < -0.39 is 0 Å². The van der Waals surface area contributed by atoms with E-state index in [9.17, 15) is 9.59 Å². The first-order valence-corrected chi connectivity index (χ1v) is 8.91. The number of nitrogens with zero attached hydrogens (tertiary/aromatic N) is 1. The van der Waals surface area contributed by atoms with E-state index in [4.69, 9.17) is 11.6 Å². The lowest BCUT2D eigenvalue weighted by molar-refractivity contribution is -0.121. The zero-order valence-electron chi connectivity index (χ0n) is 14.3. The molecule has 0 bridgehead atoms. The van der Waals surface area contributed by atoms with Crippen molar-refractivity contribution in [1.82, 2.24) is 20.4 Å². The molecule has 1 aromatic heterocycles. The highest BCUT2D eigenvalue weighted by Gasteiger charge is 2.22. The molecule has 2 heterocycles. The van der Waals surface area contributed by atoms with Crippen molar-refractivity contribution in [3.8, 4) is 0 Å². The molecule has 134 valence electrons. The van der Waals surface area contributed by atoms with Crippen LogP contribution in [0.1, 0.15) is 29.7 Å². The highest BCUT2D eigenvalue weighted by Crippen LogP contribution is 2.16. The number of carbonyl (C=O) groups is 1. The number of hydrogen-bond donors (Lipinski definition) is 3. The topological polar surface area (TPSA) is 81.0 Å². The van der Waals surface area contributed by atoms with Crippen LogP contribution in [0.5, 0.6) is 0 Å². The van der Waals surface area contributed by atoms with Gasteiger partial charge < -0.3 is 10.4 Å². The first-order valence-electron chi connectivity index (χ1n) is 8.53. The van der Waals surface area contributed by atoms with Crippen LogP contribution < -0.4 is 10.9 Å². The van der Waals surface area contributed by atoms with Crippen LogP contribution in [0.2, 0.25) is 5.02 Å². The van der Waals surface area contributed by atoms with Gasteiger partial charge in [0.15, 0.2) is 0 Å². The van der Waals surface area contributed by atoms with E-state index in [-0.39, 0.29) is 23.9 Å². The number of rotatable bonds is 5. The highest BCUT2D eigenvalue weighted by atomic mass is 35.5. The third-order valence-electron chi connectivity index (χ3n) is 4.62. The number of carbonyl (C=O) groups excluding carboxylic acids is 1. The van der Waals surface area contributed by atoms with E-state index in [2.05, 4.69) is 20.4 Å². The largest absolute Gasteiger partial charge is 0.352 e. The third kappa shape index (κ3) is 4.74. The zero-order chi connectivity index (χ0) is 17.8. The summed E-state index contributed by atoms with van der Waals surface area (Å²) in [5.41, 5.74) is 2.21. The van der Waals surface area contributed by atoms with Crippen LogP contribution in [0, 0.1) is 6.92 Å². The number of aryl methyl sites for hydroxylation is 1. The molecule has 1 atom stereocenters.